The number of rotatable bonds is 1. The van der Waals surface area contributed by atoms with Crippen molar-refractivity contribution in [2.75, 3.05) is 5.73 Å². The van der Waals surface area contributed by atoms with Gasteiger partial charge >= 0.3 is 0 Å². The summed E-state index contributed by atoms with van der Waals surface area (Å²) in [5.41, 5.74) is 5.30. The molecule has 0 saturated heterocycles. The number of halogens is 1. The van der Waals surface area contributed by atoms with Crippen molar-refractivity contribution in [2.45, 2.75) is 0 Å². The molecule has 2 rings (SSSR count). The van der Waals surface area contributed by atoms with Gasteiger partial charge in [0.15, 0.2) is 5.82 Å². The molecule has 2 heterocycles. The van der Waals surface area contributed by atoms with Gasteiger partial charge in [-0.3, -0.25) is 14.0 Å². The van der Waals surface area contributed by atoms with Crippen LogP contribution in [-0.4, -0.2) is 14.3 Å². The van der Waals surface area contributed by atoms with Gasteiger partial charge in [0.2, 0.25) is 0 Å². The summed E-state index contributed by atoms with van der Waals surface area (Å²) in [5, 5.41) is 4.49. The molecule has 6 heteroatoms. The van der Waals surface area contributed by atoms with E-state index in [4.69, 9.17) is 17.3 Å². The number of aromatic nitrogens is 3. The maximum absolute atomic E-state index is 11.7. The largest absolute Gasteiger partial charge is 0.394 e. The Morgan fingerprint density at radius 2 is 2.27 bits per heavy atom. The Balaban J connectivity index is 2.67. The first-order valence-corrected chi connectivity index (χ1v) is 4.63. The third-order valence-corrected chi connectivity index (χ3v) is 2.16. The number of hydrogen-bond donors (Lipinski definition) is 1. The fourth-order valence-electron chi connectivity index (χ4n) is 1.27. The molecule has 0 aliphatic heterocycles. The van der Waals surface area contributed by atoms with Crippen LogP contribution in [0.5, 0.6) is 0 Å². The van der Waals surface area contributed by atoms with E-state index in [2.05, 4.69) is 5.10 Å². The molecule has 78 valence electrons. The van der Waals surface area contributed by atoms with Gasteiger partial charge in [0.1, 0.15) is 0 Å². The lowest BCUT2D eigenvalue weighted by Gasteiger charge is -2.03. The number of anilines is 1. The van der Waals surface area contributed by atoms with E-state index in [-0.39, 0.29) is 11.2 Å². The van der Waals surface area contributed by atoms with Crippen LogP contribution in [0, 0.1) is 0 Å². The fraction of sp³-hybridized carbons (Fsp3) is 0.111. The van der Waals surface area contributed by atoms with E-state index >= 15 is 0 Å². The summed E-state index contributed by atoms with van der Waals surface area (Å²) in [7, 11) is 1.77. The maximum atomic E-state index is 11.7. The Bertz CT molecular complexity index is 557. The second-order valence-corrected chi connectivity index (χ2v) is 3.57. The minimum absolute atomic E-state index is 0.105. The average molecular weight is 225 g/mol. The summed E-state index contributed by atoms with van der Waals surface area (Å²) in [6, 6.07) is 3.13. The van der Waals surface area contributed by atoms with Gasteiger partial charge in [-0.15, -0.1) is 0 Å². The first kappa shape index (κ1) is 9.79. The highest BCUT2D eigenvalue weighted by Crippen LogP contribution is 2.11. The van der Waals surface area contributed by atoms with Gasteiger partial charge in [0.25, 0.3) is 5.56 Å². The summed E-state index contributed by atoms with van der Waals surface area (Å²) in [6.07, 6.45) is 3.22. The molecule has 0 aromatic carbocycles. The Kier molecular flexibility index (Phi) is 2.24. The molecule has 0 atom stereocenters. The van der Waals surface area contributed by atoms with Gasteiger partial charge in [0.05, 0.1) is 10.7 Å². The number of aryl methyl sites for hydroxylation is 1. The molecule has 2 aromatic rings. The maximum Gasteiger partial charge on any atom is 0.279 e. The van der Waals surface area contributed by atoms with Crippen molar-refractivity contribution in [3.8, 4) is 5.82 Å². The number of nitrogen functional groups attached to an aromatic ring is 1. The predicted octanol–water partition coefficient (Wildman–Crippen LogP) is 0.807. The second-order valence-electron chi connectivity index (χ2n) is 3.14. The topological polar surface area (TPSA) is 65.8 Å². The second kappa shape index (κ2) is 3.43. The van der Waals surface area contributed by atoms with Gasteiger partial charge in [-0.1, -0.05) is 11.6 Å². The number of nitrogens with zero attached hydrogens (tertiary/aromatic N) is 3. The van der Waals surface area contributed by atoms with Gasteiger partial charge in [-0.25, -0.2) is 0 Å². The number of pyridine rings is 1. The molecular formula is C9H9ClN4O. The molecular weight excluding hydrogens is 216 g/mol. The van der Waals surface area contributed by atoms with Crippen LogP contribution in [0.25, 0.3) is 5.82 Å². The third-order valence-electron chi connectivity index (χ3n) is 1.96. The summed E-state index contributed by atoms with van der Waals surface area (Å²) >= 11 is 5.80. The summed E-state index contributed by atoms with van der Waals surface area (Å²) in [6.45, 7) is 0. The zero-order chi connectivity index (χ0) is 11.0. The molecule has 0 amide bonds. The van der Waals surface area contributed by atoms with Crippen LogP contribution in [0.1, 0.15) is 0 Å². The lowest BCUT2D eigenvalue weighted by molar-refractivity contribution is 0.747. The van der Waals surface area contributed by atoms with E-state index in [1.807, 2.05) is 0 Å². The molecule has 0 unspecified atom stereocenters. The Morgan fingerprint density at radius 1 is 1.53 bits per heavy atom. The van der Waals surface area contributed by atoms with E-state index in [0.717, 1.165) is 0 Å². The molecule has 2 aromatic heterocycles. The highest BCUT2D eigenvalue weighted by Gasteiger charge is 2.06. The van der Waals surface area contributed by atoms with Gasteiger partial charge in [-0.2, -0.15) is 5.10 Å². The van der Waals surface area contributed by atoms with Crippen LogP contribution in [0.15, 0.2) is 29.3 Å². The van der Waals surface area contributed by atoms with Crippen molar-refractivity contribution in [2.24, 2.45) is 7.05 Å². The molecule has 0 aliphatic rings. The standard InChI is InChI=1S/C9H9ClN4O/c1-13-3-2-8(12-13)14-5-6(10)4-7(11)9(14)15/h2-5H,11H2,1H3. The first-order chi connectivity index (χ1) is 7.08. The molecule has 0 saturated carbocycles. The molecule has 0 radical (unpaired) electrons. The molecule has 0 bridgehead atoms. The van der Waals surface area contributed by atoms with Crippen molar-refractivity contribution in [3.63, 3.8) is 0 Å². The fourth-order valence-corrected chi connectivity index (χ4v) is 1.49. The third kappa shape index (κ3) is 1.73. The Morgan fingerprint density at radius 3 is 2.87 bits per heavy atom. The van der Waals surface area contributed by atoms with Gasteiger partial charge < -0.3 is 5.73 Å². The van der Waals surface area contributed by atoms with Crippen molar-refractivity contribution in [1.29, 1.82) is 0 Å². The van der Waals surface area contributed by atoms with E-state index in [0.29, 0.717) is 10.8 Å². The monoisotopic (exact) mass is 224 g/mol. The molecule has 0 fully saturated rings. The lowest BCUT2D eigenvalue weighted by atomic mass is 10.4. The van der Waals surface area contributed by atoms with Crippen molar-refractivity contribution >= 4 is 17.3 Å². The highest BCUT2D eigenvalue weighted by atomic mass is 35.5. The van der Waals surface area contributed by atoms with Crippen LogP contribution >= 0.6 is 11.6 Å². The van der Waals surface area contributed by atoms with Crippen molar-refractivity contribution < 1.29 is 0 Å². The normalized spacial score (nSPS) is 10.5. The van der Waals surface area contributed by atoms with Gasteiger partial charge in [-0.05, 0) is 6.07 Å². The molecule has 15 heavy (non-hydrogen) atoms. The van der Waals surface area contributed by atoms with Crippen LogP contribution in [0.3, 0.4) is 0 Å². The summed E-state index contributed by atoms with van der Waals surface area (Å²) < 4.78 is 2.91. The van der Waals surface area contributed by atoms with E-state index in [1.165, 1.54) is 16.8 Å². The lowest BCUT2D eigenvalue weighted by Crippen LogP contribution is -2.21. The molecule has 5 nitrogen and oxygen atoms in total. The highest BCUT2D eigenvalue weighted by molar-refractivity contribution is 6.30. The SMILES string of the molecule is Cn1ccc(-n2cc(Cl)cc(N)c2=O)n1. The van der Waals surface area contributed by atoms with E-state index < -0.39 is 0 Å². The van der Waals surface area contributed by atoms with E-state index in [1.54, 1.807) is 24.0 Å². The Hall–Kier alpha value is -1.75. The zero-order valence-corrected chi connectivity index (χ0v) is 8.77. The first-order valence-electron chi connectivity index (χ1n) is 4.25. The zero-order valence-electron chi connectivity index (χ0n) is 8.01. The predicted molar refractivity (Wildman–Crippen MR) is 58.2 cm³/mol. The number of hydrogen-bond acceptors (Lipinski definition) is 3. The van der Waals surface area contributed by atoms with Crippen LogP contribution in [0.4, 0.5) is 5.69 Å². The van der Waals surface area contributed by atoms with Crippen LogP contribution in [-0.2, 0) is 7.05 Å². The Labute approximate surface area is 90.7 Å². The molecule has 0 spiro atoms. The van der Waals surface area contributed by atoms with E-state index in [9.17, 15) is 4.79 Å². The molecule has 0 aliphatic carbocycles. The van der Waals surface area contributed by atoms with Gasteiger partial charge in [0, 0.05) is 25.5 Å². The summed E-state index contributed by atoms with van der Waals surface area (Å²) in [4.78, 5) is 11.7. The van der Waals surface area contributed by atoms with Crippen molar-refractivity contribution in [3.05, 3.63) is 39.9 Å². The quantitative estimate of drug-likeness (QED) is 0.780. The average Bonchev–Trinajstić information content (AvgIpc) is 2.58. The summed E-state index contributed by atoms with van der Waals surface area (Å²) in [5.74, 6) is 0.497. The minimum Gasteiger partial charge on any atom is -0.394 e. The minimum atomic E-state index is -0.321. The van der Waals surface area contributed by atoms with Crippen molar-refractivity contribution in [1.82, 2.24) is 14.3 Å². The van der Waals surface area contributed by atoms with Crippen LogP contribution in [0.2, 0.25) is 5.02 Å². The van der Waals surface area contributed by atoms with Crippen LogP contribution < -0.4 is 11.3 Å². The smallest absolute Gasteiger partial charge is 0.279 e. The molecule has 2 N–H and O–H groups in total. The number of nitrogens with two attached hydrogens (primary N) is 1.